The number of hydrogen-bond acceptors (Lipinski definition) is 4. The van der Waals surface area contributed by atoms with Crippen molar-refractivity contribution in [2.75, 3.05) is 11.9 Å². The van der Waals surface area contributed by atoms with Gasteiger partial charge in [0.25, 0.3) is 17.4 Å². The predicted molar refractivity (Wildman–Crippen MR) is 105 cm³/mol. The first-order valence-electron chi connectivity index (χ1n) is 8.46. The van der Waals surface area contributed by atoms with Crippen molar-refractivity contribution in [3.8, 4) is 0 Å². The predicted octanol–water partition coefficient (Wildman–Crippen LogP) is 1.30. The van der Waals surface area contributed by atoms with Crippen molar-refractivity contribution in [2.24, 2.45) is 5.73 Å². The van der Waals surface area contributed by atoms with Crippen LogP contribution in [0.3, 0.4) is 0 Å². The summed E-state index contributed by atoms with van der Waals surface area (Å²) >= 11 is 0. The SMILES string of the molecule is Cc1c(C(=O)Nc2cccc(C(=O)NCC(N)=O)c2)[nH]c(=O)c2ccccc12. The topological polar surface area (TPSA) is 134 Å². The second-order valence-corrected chi connectivity index (χ2v) is 6.18. The highest BCUT2D eigenvalue weighted by atomic mass is 16.2. The van der Waals surface area contributed by atoms with Gasteiger partial charge in [-0.05, 0) is 42.1 Å². The third-order valence-corrected chi connectivity index (χ3v) is 4.22. The molecule has 0 atom stereocenters. The Morgan fingerprint density at radius 1 is 1.00 bits per heavy atom. The average Bonchev–Trinajstić information content (AvgIpc) is 2.69. The number of aryl methyl sites for hydroxylation is 1. The summed E-state index contributed by atoms with van der Waals surface area (Å²) in [6, 6.07) is 13.2. The Balaban J connectivity index is 1.86. The van der Waals surface area contributed by atoms with E-state index in [9.17, 15) is 19.2 Å². The van der Waals surface area contributed by atoms with Crippen LogP contribution < -0.4 is 21.9 Å². The summed E-state index contributed by atoms with van der Waals surface area (Å²) in [5.41, 5.74) is 6.06. The van der Waals surface area contributed by atoms with Gasteiger partial charge in [-0.1, -0.05) is 24.3 Å². The van der Waals surface area contributed by atoms with Crippen LogP contribution in [0.4, 0.5) is 5.69 Å². The molecule has 8 heteroatoms. The maximum Gasteiger partial charge on any atom is 0.272 e. The second-order valence-electron chi connectivity index (χ2n) is 6.18. The lowest BCUT2D eigenvalue weighted by Gasteiger charge is -2.11. The third kappa shape index (κ3) is 3.90. The number of carbonyl (C=O) groups is 3. The smallest absolute Gasteiger partial charge is 0.272 e. The zero-order valence-corrected chi connectivity index (χ0v) is 15.0. The minimum atomic E-state index is -0.659. The number of nitrogens with one attached hydrogen (secondary N) is 3. The third-order valence-electron chi connectivity index (χ3n) is 4.22. The number of H-pyrrole nitrogens is 1. The molecule has 3 rings (SSSR count). The highest BCUT2D eigenvalue weighted by Crippen LogP contribution is 2.18. The van der Waals surface area contributed by atoms with Crippen LogP contribution in [0, 0.1) is 6.92 Å². The molecule has 142 valence electrons. The standard InChI is InChI=1S/C20H18N4O4/c1-11-14-7-2-3-8-15(14)19(27)24-17(11)20(28)23-13-6-4-5-12(9-13)18(26)22-10-16(21)25/h2-9H,10H2,1H3,(H2,21,25)(H,22,26)(H,23,28)(H,24,27). The zero-order chi connectivity index (χ0) is 20.3. The molecule has 3 amide bonds. The molecule has 3 aromatic rings. The number of hydrogen-bond donors (Lipinski definition) is 4. The number of aromatic amines is 1. The Labute approximate surface area is 159 Å². The molecule has 2 aromatic carbocycles. The van der Waals surface area contributed by atoms with E-state index in [2.05, 4.69) is 15.6 Å². The van der Waals surface area contributed by atoms with Crippen LogP contribution in [-0.2, 0) is 4.79 Å². The fourth-order valence-corrected chi connectivity index (χ4v) is 2.85. The zero-order valence-electron chi connectivity index (χ0n) is 15.0. The number of fused-ring (bicyclic) bond motifs is 1. The summed E-state index contributed by atoms with van der Waals surface area (Å²) in [5, 5.41) is 6.24. The number of nitrogens with two attached hydrogens (primary N) is 1. The summed E-state index contributed by atoms with van der Waals surface area (Å²) in [5.74, 6) is -1.66. The number of anilines is 1. The first-order valence-corrected chi connectivity index (χ1v) is 8.46. The van der Waals surface area contributed by atoms with E-state index in [-0.39, 0.29) is 23.4 Å². The van der Waals surface area contributed by atoms with Gasteiger partial charge in [0, 0.05) is 16.6 Å². The Kier molecular flexibility index (Phi) is 5.21. The Morgan fingerprint density at radius 3 is 2.43 bits per heavy atom. The highest BCUT2D eigenvalue weighted by Gasteiger charge is 2.15. The summed E-state index contributed by atoms with van der Waals surface area (Å²) in [4.78, 5) is 50.3. The van der Waals surface area contributed by atoms with Crippen molar-refractivity contribution in [1.82, 2.24) is 10.3 Å². The maximum atomic E-state index is 12.7. The van der Waals surface area contributed by atoms with E-state index < -0.39 is 17.7 Å². The maximum absolute atomic E-state index is 12.7. The summed E-state index contributed by atoms with van der Waals surface area (Å²) in [6.45, 7) is 1.47. The summed E-state index contributed by atoms with van der Waals surface area (Å²) < 4.78 is 0. The van der Waals surface area contributed by atoms with Crippen molar-refractivity contribution >= 4 is 34.2 Å². The number of pyridine rings is 1. The molecule has 0 radical (unpaired) electrons. The van der Waals surface area contributed by atoms with Crippen molar-refractivity contribution in [2.45, 2.75) is 6.92 Å². The highest BCUT2D eigenvalue weighted by molar-refractivity contribution is 6.07. The Bertz CT molecular complexity index is 1150. The molecule has 28 heavy (non-hydrogen) atoms. The molecular formula is C20H18N4O4. The molecule has 5 N–H and O–H groups in total. The first-order chi connectivity index (χ1) is 13.4. The van der Waals surface area contributed by atoms with E-state index in [1.807, 2.05) is 0 Å². The molecule has 1 aromatic heterocycles. The summed E-state index contributed by atoms with van der Waals surface area (Å²) in [7, 11) is 0. The first kappa shape index (κ1) is 18.8. The molecule has 0 aliphatic heterocycles. The van der Waals surface area contributed by atoms with Gasteiger partial charge >= 0.3 is 0 Å². The van der Waals surface area contributed by atoms with Crippen molar-refractivity contribution < 1.29 is 14.4 Å². The molecule has 0 aliphatic carbocycles. The van der Waals surface area contributed by atoms with Crippen LogP contribution in [0.25, 0.3) is 10.8 Å². The fourth-order valence-electron chi connectivity index (χ4n) is 2.85. The molecule has 1 heterocycles. The van der Waals surface area contributed by atoms with Gasteiger partial charge in [0.1, 0.15) is 5.69 Å². The molecule has 0 spiro atoms. The van der Waals surface area contributed by atoms with Gasteiger partial charge in [-0.25, -0.2) is 0 Å². The number of benzene rings is 2. The minimum Gasteiger partial charge on any atom is -0.368 e. The van der Waals surface area contributed by atoms with Gasteiger partial charge in [-0.15, -0.1) is 0 Å². The molecular weight excluding hydrogens is 360 g/mol. The van der Waals surface area contributed by atoms with Crippen LogP contribution in [-0.4, -0.2) is 29.3 Å². The number of aromatic nitrogens is 1. The molecule has 0 unspecified atom stereocenters. The number of amides is 3. The lowest BCUT2D eigenvalue weighted by Crippen LogP contribution is -2.33. The Morgan fingerprint density at radius 2 is 1.71 bits per heavy atom. The van der Waals surface area contributed by atoms with Crippen LogP contribution in [0.15, 0.2) is 53.3 Å². The average molecular weight is 378 g/mol. The number of rotatable bonds is 5. The number of carbonyl (C=O) groups excluding carboxylic acids is 3. The number of primary amides is 1. The van der Waals surface area contributed by atoms with Crippen molar-refractivity contribution in [3.05, 3.63) is 75.7 Å². The van der Waals surface area contributed by atoms with Gasteiger partial charge in [0.05, 0.1) is 6.54 Å². The van der Waals surface area contributed by atoms with Gasteiger partial charge in [0.15, 0.2) is 0 Å². The van der Waals surface area contributed by atoms with Crippen molar-refractivity contribution in [3.63, 3.8) is 0 Å². The van der Waals surface area contributed by atoms with E-state index in [0.29, 0.717) is 22.0 Å². The van der Waals surface area contributed by atoms with Crippen LogP contribution >= 0.6 is 0 Å². The van der Waals surface area contributed by atoms with Gasteiger partial charge in [-0.3, -0.25) is 19.2 Å². The summed E-state index contributed by atoms with van der Waals surface area (Å²) in [6.07, 6.45) is 0. The van der Waals surface area contributed by atoms with Gasteiger partial charge < -0.3 is 21.4 Å². The minimum absolute atomic E-state index is 0.146. The van der Waals surface area contributed by atoms with E-state index in [1.54, 1.807) is 43.3 Å². The largest absolute Gasteiger partial charge is 0.368 e. The Hall–Kier alpha value is -3.94. The quantitative estimate of drug-likeness (QED) is 0.532. The monoisotopic (exact) mass is 378 g/mol. The van der Waals surface area contributed by atoms with E-state index in [0.717, 1.165) is 0 Å². The van der Waals surface area contributed by atoms with E-state index >= 15 is 0 Å². The lowest BCUT2D eigenvalue weighted by atomic mass is 10.0. The molecule has 0 saturated heterocycles. The van der Waals surface area contributed by atoms with E-state index in [1.165, 1.54) is 12.1 Å². The van der Waals surface area contributed by atoms with Crippen molar-refractivity contribution in [1.29, 1.82) is 0 Å². The van der Waals surface area contributed by atoms with Crippen LogP contribution in [0.2, 0.25) is 0 Å². The normalized spacial score (nSPS) is 10.5. The molecule has 0 saturated carbocycles. The van der Waals surface area contributed by atoms with E-state index in [4.69, 9.17) is 5.73 Å². The van der Waals surface area contributed by atoms with Gasteiger partial charge in [-0.2, -0.15) is 0 Å². The molecule has 0 bridgehead atoms. The molecule has 0 aliphatic rings. The fraction of sp³-hybridized carbons (Fsp3) is 0.100. The lowest BCUT2D eigenvalue weighted by molar-refractivity contribution is -0.117. The van der Waals surface area contributed by atoms with Crippen LogP contribution in [0.5, 0.6) is 0 Å². The molecule has 8 nitrogen and oxygen atoms in total. The second kappa shape index (κ2) is 7.75. The van der Waals surface area contributed by atoms with Crippen LogP contribution in [0.1, 0.15) is 26.4 Å². The van der Waals surface area contributed by atoms with Gasteiger partial charge in [0.2, 0.25) is 5.91 Å². The molecule has 0 fully saturated rings.